The summed E-state index contributed by atoms with van der Waals surface area (Å²) in [7, 11) is 0. The van der Waals surface area contributed by atoms with E-state index in [1.54, 1.807) is 0 Å². The minimum atomic E-state index is 0.153. The molecular formula is C9H10BrNO. The standard InChI is InChI=1S/C9H10BrNO/c10-7-3-1-6-2-4-9(12)11-8(6)5-7/h3,5-6H,1-2,4H2,(H,11,12). The lowest BCUT2D eigenvalue weighted by molar-refractivity contribution is -0.121. The second kappa shape index (κ2) is 3.05. The molecule has 0 radical (unpaired) electrons. The lowest BCUT2D eigenvalue weighted by atomic mass is 9.89. The maximum Gasteiger partial charge on any atom is 0.224 e. The van der Waals surface area contributed by atoms with Crippen LogP contribution in [0.2, 0.25) is 0 Å². The van der Waals surface area contributed by atoms with E-state index >= 15 is 0 Å². The van der Waals surface area contributed by atoms with E-state index in [9.17, 15) is 4.79 Å². The normalized spacial score (nSPS) is 28.4. The minimum absolute atomic E-state index is 0.153. The molecule has 0 aromatic carbocycles. The van der Waals surface area contributed by atoms with Crippen LogP contribution in [0.3, 0.4) is 0 Å². The zero-order chi connectivity index (χ0) is 8.55. The van der Waals surface area contributed by atoms with Crippen molar-refractivity contribution in [1.29, 1.82) is 0 Å². The molecule has 2 aliphatic rings. The summed E-state index contributed by atoms with van der Waals surface area (Å²) < 4.78 is 1.08. The number of hydrogen-bond donors (Lipinski definition) is 1. The van der Waals surface area contributed by atoms with Crippen LogP contribution in [0.1, 0.15) is 19.3 Å². The highest BCUT2D eigenvalue weighted by Crippen LogP contribution is 2.30. The van der Waals surface area contributed by atoms with Crippen molar-refractivity contribution in [3.63, 3.8) is 0 Å². The van der Waals surface area contributed by atoms with Crippen LogP contribution in [0.5, 0.6) is 0 Å². The van der Waals surface area contributed by atoms with E-state index in [4.69, 9.17) is 0 Å². The van der Waals surface area contributed by atoms with Crippen molar-refractivity contribution in [3.05, 3.63) is 22.3 Å². The molecule has 3 heteroatoms. The van der Waals surface area contributed by atoms with Crippen LogP contribution < -0.4 is 5.32 Å². The number of rotatable bonds is 0. The Morgan fingerprint density at radius 1 is 1.58 bits per heavy atom. The van der Waals surface area contributed by atoms with Gasteiger partial charge in [0.2, 0.25) is 5.91 Å². The number of carbonyl (C=O) groups is 1. The van der Waals surface area contributed by atoms with Crippen molar-refractivity contribution in [2.45, 2.75) is 19.3 Å². The van der Waals surface area contributed by atoms with Gasteiger partial charge >= 0.3 is 0 Å². The van der Waals surface area contributed by atoms with Crippen molar-refractivity contribution < 1.29 is 4.79 Å². The molecule has 0 bridgehead atoms. The molecule has 1 amide bonds. The van der Waals surface area contributed by atoms with Gasteiger partial charge in [0.05, 0.1) is 0 Å². The smallest absolute Gasteiger partial charge is 0.224 e. The number of allylic oxidation sites excluding steroid dienone is 4. The molecule has 1 saturated heterocycles. The molecule has 1 aliphatic heterocycles. The molecule has 2 nitrogen and oxygen atoms in total. The Hall–Kier alpha value is -0.570. The zero-order valence-electron chi connectivity index (χ0n) is 6.64. The Balaban J connectivity index is 2.21. The van der Waals surface area contributed by atoms with Gasteiger partial charge in [-0.05, 0) is 18.9 Å². The number of carbonyl (C=O) groups excluding carboxylic acids is 1. The number of piperidine rings is 1. The fourth-order valence-electron chi connectivity index (χ4n) is 1.65. The summed E-state index contributed by atoms with van der Waals surface area (Å²) in [6, 6.07) is 0. The molecule has 12 heavy (non-hydrogen) atoms. The predicted octanol–water partition coefficient (Wildman–Crippen LogP) is 2.08. The molecule has 1 atom stereocenters. The first-order chi connectivity index (χ1) is 5.75. The van der Waals surface area contributed by atoms with Crippen LogP contribution in [-0.2, 0) is 4.79 Å². The third-order valence-electron chi connectivity index (χ3n) is 2.33. The topological polar surface area (TPSA) is 29.1 Å². The number of hydrogen-bond acceptors (Lipinski definition) is 1. The van der Waals surface area contributed by atoms with E-state index in [0.717, 1.165) is 23.0 Å². The van der Waals surface area contributed by atoms with E-state index in [-0.39, 0.29) is 5.91 Å². The highest BCUT2D eigenvalue weighted by Gasteiger charge is 2.24. The minimum Gasteiger partial charge on any atom is -0.329 e. The van der Waals surface area contributed by atoms with Gasteiger partial charge < -0.3 is 5.32 Å². The second-order valence-corrected chi connectivity index (χ2v) is 4.12. The zero-order valence-corrected chi connectivity index (χ0v) is 8.23. The van der Waals surface area contributed by atoms with Crippen LogP contribution in [0.25, 0.3) is 0 Å². The van der Waals surface area contributed by atoms with Gasteiger partial charge in [0.25, 0.3) is 0 Å². The lowest BCUT2D eigenvalue weighted by Crippen LogP contribution is -2.33. The van der Waals surface area contributed by atoms with Crippen molar-refractivity contribution in [2.24, 2.45) is 5.92 Å². The summed E-state index contributed by atoms with van der Waals surface area (Å²) in [5.41, 5.74) is 1.08. The van der Waals surface area contributed by atoms with Gasteiger partial charge in [0.1, 0.15) is 0 Å². The molecular weight excluding hydrogens is 218 g/mol. The van der Waals surface area contributed by atoms with E-state index < -0.39 is 0 Å². The van der Waals surface area contributed by atoms with Crippen LogP contribution in [-0.4, -0.2) is 5.91 Å². The fraction of sp³-hybridized carbons (Fsp3) is 0.444. The van der Waals surface area contributed by atoms with E-state index in [1.165, 1.54) is 0 Å². The van der Waals surface area contributed by atoms with E-state index in [2.05, 4.69) is 27.3 Å². The largest absolute Gasteiger partial charge is 0.329 e. The number of amides is 1. The number of nitrogens with one attached hydrogen (secondary N) is 1. The fourth-order valence-corrected chi connectivity index (χ4v) is 2.08. The van der Waals surface area contributed by atoms with Crippen LogP contribution in [0.4, 0.5) is 0 Å². The van der Waals surface area contributed by atoms with Crippen LogP contribution in [0, 0.1) is 5.92 Å². The summed E-state index contributed by atoms with van der Waals surface area (Å²) in [5, 5.41) is 2.90. The molecule has 1 heterocycles. The van der Waals surface area contributed by atoms with Gasteiger partial charge in [-0.25, -0.2) is 0 Å². The molecule has 1 fully saturated rings. The maximum atomic E-state index is 11.0. The lowest BCUT2D eigenvalue weighted by Gasteiger charge is -2.27. The quantitative estimate of drug-likeness (QED) is 0.675. The summed E-state index contributed by atoms with van der Waals surface area (Å²) in [6.45, 7) is 0. The van der Waals surface area contributed by atoms with Crippen molar-refractivity contribution in [3.8, 4) is 0 Å². The van der Waals surface area contributed by atoms with Gasteiger partial charge in [-0.1, -0.05) is 22.0 Å². The Morgan fingerprint density at radius 3 is 3.25 bits per heavy atom. The molecule has 1 N–H and O–H groups in total. The van der Waals surface area contributed by atoms with Crippen molar-refractivity contribution in [2.75, 3.05) is 0 Å². The highest BCUT2D eigenvalue weighted by atomic mass is 79.9. The Labute approximate surface area is 79.8 Å². The molecule has 1 aliphatic carbocycles. The average molecular weight is 228 g/mol. The first kappa shape index (κ1) is 8.05. The second-order valence-electron chi connectivity index (χ2n) is 3.21. The first-order valence-electron chi connectivity index (χ1n) is 4.13. The average Bonchev–Trinajstić information content (AvgIpc) is 2.03. The van der Waals surface area contributed by atoms with E-state index in [1.807, 2.05) is 6.08 Å². The van der Waals surface area contributed by atoms with Gasteiger partial charge in [-0.3, -0.25) is 4.79 Å². The van der Waals surface area contributed by atoms with Gasteiger partial charge in [-0.2, -0.15) is 0 Å². The molecule has 0 aromatic heterocycles. The van der Waals surface area contributed by atoms with Crippen LogP contribution in [0.15, 0.2) is 22.3 Å². The first-order valence-corrected chi connectivity index (χ1v) is 4.92. The Bertz CT molecular complexity index is 280. The molecule has 0 saturated carbocycles. The monoisotopic (exact) mass is 227 g/mol. The van der Waals surface area contributed by atoms with Gasteiger partial charge in [0.15, 0.2) is 0 Å². The summed E-state index contributed by atoms with van der Waals surface area (Å²) in [4.78, 5) is 11.0. The van der Waals surface area contributed by atoms with Gasteiger partial charge in [-0.15, -0.1) is 0 Å². The SMILES string of the molecule is O=C1CCC2CC=C(Br)C=C2N1. The molecule has 0 aromatic rings. The summed E-state index contributed by atoms with van der Waals surface area (Å²) in [6.07, 6.45) is 6.88. The summed E-state index contributed by atoms with van der Waals surface area (Å²) >= 11 is 3.40. The maximum absolute atomic E-state index is 11.0. The van der Waals surface area contributed by atoms with Gasteiger partial charge in [0, 0.05) is 22.5 Å². The molecule has 0 spiro atoms. The molecule has 2 rings (SSSR count). The van der Waals surface area contributed by atoms with Crippen LogP contribution >= 0.6 is 15.9 Å². The molecule has 64 valence electrons. The number of fused-ring (bicyclic) bond motifs is 1. The third kappa shape index (κ3) is 1.46. The van der Waals surface area contributed by atoms with Crippen molar-refractivity contribution >= 4 is 21.8 Å². The Kier molecular flexibility index (Phi) is 2.05. The highest BCUT2D eigenvalue weighted by molar-refractivity contribution is 9.11. The number of halogens is 1. The van der Waals surface area contributed by atoms with Crippen molar-refractivity contribution in [1.82, 2.24) is 5.32 Å². The van der Waals surface area contributed by atoms with E-state index in [0.29, 0.717) is 12.3 Å². The summed E-state index contributed by atoms with van der Waals surface area (Å²) in [5.74, 6) is 0.698. The third-order valence-corrected chi connectivity index (χ3v) is 2.89. The Morgan fingerprint density at radius 2 is 2.42 bits per heavy atom. The molecule has 1 unspecified atom stereocenters. The predicted molar refractivity (Wildman–Crippen MR) is 50.6 cm³/mol.